The number of benzene rings is 1. The molecule has 144 valence electrons. The highest BCUT2D eigenvalue weighted by Gasteiger charge is 2.34. The molecule has 1 aromatic rings. The van der Waals surface area contributed by atoms with E-state index in [9.17, 15) is 14.3 Å². The van der Waals surface area contributed by atoms with Gasteiger partial charge >= 0.3 is 6.03 Å². The van der Waals surface area contributed by atoms with Crippen LogP contribution < -0.4 is 5.32 Å². The lowest BCUT2D eigenvalue weighted by Gasteiger charge is -2.39. The minimum atomic E-state index is -0.881. The average Bonchev–Trinajstić information content (AvgIpc) is 2.62. The number of urea groups is 1. The summed E-state index contributed by atoms with van der Waals surface area (Å²) in [6.07, 6.45) is 3.15. The van der Waals surface area contributed by atoms with Gasteiger partial charge in [0, 0.05) is 38.6 Å². The third kappa shape index (κ3) is 4.93. The first kappa shape index (κ1) is 19.1. The molecule has 0 spiro atoms. The summed E-state index contributed by atoms with van der Waals surface area (Å²) in [5.74, 6) is -0.289. The van der Waals surface area contributed by atoms with E-state index in [1.54, 1.807) is 18.1 Å². The molecule has 0 bridgehead atoms. The van der Waals surface area contributed by atoms with Crippen LogP contribution in [0, 0.1) is 5.82 Å². The van der Waals surface area contributed by atoms with E-state index in [1.807, 2.05) is 11.1 Å². The number of aliphatic hydroxyl groups is 1. The predicted octanol–water partition coefficient (Wildman–Crippen LogP) is 1.93. The Bertz CT molecular complexity index is 612. The first-order valence-corrected chi connectivity index (χ1v) is 9.29. The first-order valence-electron chi connectivity index (χ1n) is 9.29. The Kier molecular flexibility index (Phi) is 6.11. The fraction of sp³-hybridized carbons (Fsp3) is 0.632. The Hall–Kier alpha value is -1.70. The maximum Gasteiger partial charge on any atom is 0.317 e. The van der Waals surface area contributed by atoms with E-state index in [1.165, 1.54) is 12.1 Å². The van der Waals surface area contributed by atoms with Crippen molar-refractivity contribution in [2.24, 2.45) is 0 Å². The molecule has 2 heterocycles. The van der Waals surface area contributed by atoms with Crippen molar-refractivity contribution >= 4 is 6.03 Å². The number of carbonyl (C=O) groups excluding carboxylic acids is 1. The van der Waals surface area contributed by atoms with Crippen LogP contribution in [0.25, 0.3) is 0 Å². The molecule has 2 amide bonds. The van der Waals surface area contributed by atoms with Gasteiger partial charge in [-0.2, -0.15) is 5.06 Å². The zero-order valence-corrected chi connectivity index (χ0v) is 15.3. The van der Waals surface area contributed by atoms with E-state index in [4.69, 9.17) is 4.84 Å². The van der Waals surface area contributed by atoms with E-state index in [0.717, 1.165) is 31.5 Å². The molecular formula is C19H28FN3O3. The summed E-state index contributed by atoms with van der Waals surface area (Å²) in [7, 11) is 1.66. The quantitative estimate of drug-likeness (QED) is 0.856. The standard InChI is InChI=1S/C19H28FN3O3/c1-26-23-9-5-17(6-10-23)21-18(24)22-11-7-19(25,8-12-22)14-15-3-2-4-16(20)13-15/h2-4,13,17,25H,5-12,14H2,1H3,(H,21,24). The van der Waals surface area contributed by atoms with Crippen LogP contribution in [0.5, 0.6) is 0 Å². The largest absolute Gasteiger partial charge is 0.389 e. The topological polar surface area (TPSA) is 65.0 Å². The van der Waals surface area contributed by atoms with Gasteiger partial charge < -0.3 is 20.2 Å². The van der Waals surface area contributed by atoms with Gasteiger partial charge in [-0.1, -0.05) is 12.1 Å². The summed E-state index contributed by atoms with van der Waals surface area (Å²) in [5, 5.41) is 15.8. The number of nitrogens with zero attached hydrogens (tertiary/aromatic N) is 2. The van der Waals surface area contributed by atoms with Crippen molar-refractivity contribution in [3.05, 3.63) is 35.6 Å². The molecule has 7 heteroatoms. The van der Waals surface area contributed by atoms with Crippen LogP contribution in [0.4, 0.5) is 9.18 Å². The van der Waals surface area contributed by atoms with E-state index in [0.29, 0.717) is 32.4 Å². The van der Waals surface area contributed by atoms with Gasteiger partial charge in [-0.25, -0.2) is 9.18 Å². The summed E-state index contributed by atoms with van der Waals surface area (Å²) in [6.45, 7) is 2.65. The molecule has 2 N–H and O–H groups in total. The van der Waals surface area contributed by atoms with Crippen LogP contribution in [0.1, 0.15) is 31.2 Å². The fourth-order valence-corrected chi connectivity index (χ4v) is 3.78. The molecule has 0 aliphatic carbocycles. The number of hydrogen-bond donors (Lipinski definition) is 2. The third-order valence-corrected chi connectivity index (χ3v) is 5.44. The summed E-state index contributed by atoms with van der Waals surface area (Å²) >= 11 is 0. The van der Waals surface area contributed by atoms with Crippen molar-refractivity contribution in [1.29, 1.82) is 0 Å². The number of rotatable bonds is 4. The van der Waals surface area contributed by atoms with Gasteiger partial charge in [-0.3, -0.25) is 0 Å². The number of carbonyl (C=O) groups is 1. The van der Waals surface area contributed by atoms with E-state index in [-0.39, 0.29) is 17.9 Å². The van der Waals surface area contributed by atoms with Crippen molar-refractivity contribution in [1.82, 2.24) is 15.3 Å². The Labute approximate surface area is 153 Å². The molecule has 2 aliphatic rings. The number of hydrogen-bond acceptors (Lipinski definition) is 4. The van der Waals surface area contributed by atoms with Crippen molar-refractivity contribution in [2.45, 2.75) is 43.7 Å². The summed E-state index contributed by atoms with van der Waals surface area (Å²) in [5.41, 5.74) is -0.0933. The van der Waals surface area contributed by atoms with Gasteiger partial charge in [-0.05, 0) is 43.4 Å². The highest BCUT2D eigenvalue weighted by atomic mass is 19.1. The van der Waals surface area contributed by atoms with Crippen LogP contribution in [-0.2, 0) is 11.3 Å². The molecule has 0 radical (unpaired) electrons. The molecule has 6 nitrogen and oxygen atoms in total. The van der Waals surface area contributed by atoms with Gasteiger partial charge in [-0.15, -0.1) is 0 Å². The van der Waals surface area contributed by atoms with Crippen LogP contribution in [0.15, 0.2) is 24.3 Å². The monoisotopic (exact) mass is 365 g/mol. The van der Waals surface area contributed by atoms with E-state index < -0.39 is 5.60 Å². The van der Waals surface area contributed by atoms with E-state index in [2.05, 4.69) is 5.32 Å². The Balaban J connectivity index is 1.46. The van der Waals surface area contributed by atoms with Crippen LogP contribution in [0.2, 0.25) is 0 Å². The van der Waals surface area contributed by atoms with Gasteiger partial charge in [0.05, 0.1) is 12.7 Å². The predicted molar refractivity (Wildman–Crippen MR) is 96.0 cm³/mol. The molecule has 3 rings (SSSR count). The SMILES string of the molecule is CON1CCC(NC(=O)N2CCC(O)(Cc3cccc(F)c3)CC2)CC1. The molecule has 0 saturated carbocycles. The van der Waals surface area contributed by atoms with Crippen molar-refractivity contribution in [2.75, 3.05) is 33.3 Å². The number of piperidine rings is 2. The smallest absolute Gasteiger partial charge is 0.317 e. The molecule has 2 aliphatic heterocycles. The molecule has 2 fully saturated rings. The third-order valence-electron chi connectivity index (χ3n) is 5.44. The summed E-state index contributed by atoms with van der Waals surface area (Å²) in [4.78, 5) is 19.4. The van der Waals surface area contributed by atoms with Gasteiger partial charge in [0.2, 0.25) is 0 Å². The number of halogens is 1. The molecule has 0 aromatic heterocycles. The van der Waals surface area contributed by atoms with Gasteiger partial charge in [0.1, 0.15) is 5.82 Å². The first-order chi connectivity index (χ1) is 12.5. The van der Waals surface area contributed by atoms with Crippen molar-refractivity contribution in [3.63, 3.8) is 0 Å². The Morgan fingerprint density at radius 2 is 2.00 bits per heavy atom. The highest BCUT2D eigenvalue weighted by Crippen LogP contribution is 2.27. The summed E-state index contributed by atoms with van der Waals surface area (Å²) in [6, 6.07) is 6.45. The number of likely N-dealkylation sites (tertiary alicyclic amines) is 1. The molecule has 2 saturated heterocycles. The minimum Gasteiger partial charge on any atom is -0.389 e. The lowest BCUT2D eigenvalue weighted by molar-refractivity contribution is -0.144. The highest BCUT2D eigenvalue weighted by molar-refractivity contribution is 5.74. The van der Waals surface area contributed by atoms with Crippen molar-refractivity contribution < 1.29 is 19.1 Å². The number of amides is 2. The van der Waals surface area contributed by atoms with Crippen molar-refractivity contribution in [3.8, 4) is 0 Å². The Morgan fingerprint density at radius 1 is 1.31 bits per heavy atom. The maximum atomic E-state index is 13.3. The number of hydroxylamine groups is 2. The van der Waals surface area contributed by atoms with Crippen LogP contribution in [-0.4, -0.2) is 66.0 Å². The Morgan fingerprint density at radius 3 is 2.62 bits per heavy atom. The molecule has 1 aromatic carbocycles. The van der Waals surface area contributed by atoms with E-state index >= 15 is 0 Å². The molecular weight excluding hydrogens is 337 g/mol. The molecule has 0 unspecified atom stereocenters. The number of nitrogens with one attached hydrogen (secondary N) is 1. The zero-order chi connectivity index (χ0) is 18.6. The molecule has 0 atom stereocenters. The van der Waals surface area contributed by atoms with Crippen LogP contribution >= 0.6 is 0 Å². The second kappa shape index (κ2) is 8.33. The normalized spacial score (nSPS) is 21.6. The molecule has 26 heavy (non-hydrogen) atoms. The summed E-state index contributed by atoms with van der Waals surface area (Å²) < 4.78 is 13.3. The second-order valence-electron chi connectivity index (χ2n) is 7.35. The second-order valence-corrected chi connectivity index (χ2v) is 7.35. The van der Waals surface area contributed by atoms with Crippen LogP contribution in [0.3, 0.4) is 0 Å². The van der Waals surface area contributed by atoms with Gasteiger partial charge in [0.15, 0.2) is 0 Å². The average molecular weight is 365 g/mol. The lowest BCUT2D eigenvalue weighted by atomic mass is 9.85. The lowest BCUT2D eigenvalue weighted by Crippen LogP contribution is -2.53. The zero-order valence-electron chi connectivity index (χ0n) is 15.3. The maximum absolute atomic E-state index is 13.3. The van der Waals surface area contributed by atoms with Gasteiger partial charge in [0.25, 0.3) is 0 Å². The minimum absolute atomic E-state index is 0.0614. The fourth-order valence-electron chi connectivity index (χ4n) is 3.78.